The smallest absolute Gasteiger partial charge is 0.147 e. The Labute approximate surface area is 102 Å². The summed E-state index contributed by atoms with van der Waals surface area (Å²) >= 11 is 5.81. The van der Waals surface area contributed by atoms with E-state index in [0.29, 0.717) is 5.88 Å². The minimum atomic E-state index is 0.463. The molecule has 4 heteroatoms. The van der Waals surface area contributed by atoms with Crippen LogP contribution in [0.15, 0.2) is 6.33 Å². The van der Waals surface area contributed by atoms with Crippen LogP contribution in [0.2, 0.25) is 0 Å². The van der Waals surface area contributed by atoms with Crippen LogP contribution in [0.25, 0.3) is 0 Å². The van der Waals surface area contributed by atoms with E-state index in [9.17, 15) is 0 Å². The highest BCUT2D eigenvalue weighted by molar-refractivity contribution is 6.16. The first kappa shape index (κ1) is 11.9. The predicted molar refractivity (Wildman–Crippen MR) is 65.3 cm³/mol. The summed E-state index contributed by atoms with van der Waals surface area (Å²) in [5, 5.41) is 7.93. The van der Waals surface area contributed by atoms with E-state index in [0.717, 1.165) is 24.2 Å². The van der Waals surface area contributed by atoms with Crippen LogP contribution in [0.5, 0.6) is 0 Å². The van der Waals surface area contributed by atoms with Gasteiger partial charge in [0.25, 0.3) is 0 Å². The third kappa shape index (κ3) is 2.76. The number of hydrogen-bond donors (Lipinski definition) is 0. The van der Waals surface area contributed by atoms with Crippen molar-refractivity contribution in [2.75, 3.05) is 0 Å². The number of rotatable bonds is 4. The van der Waals surface area contributed by atoms with Crippen LogP contribution in [-0.2, 0) is 12.4 Å². The quantitative estimate of drug-likeness (QED) is 0.758. The highest BCUT2D eigenvalue weighted by Crippen LogP contribution is 2.31. The maximum Gasteiger partial charge on any atom is 0.147 e. The van der Waals surface area contributed by atoms with E-state index in [1.165, 1.54) is 32.1 Å². The lowest BCUT2D eigenvalue weighted by Crippen LogP contribution is -2.19. The number of halogens is 1. The average Bonchev–Trinajstić information content (AvgIpc) is 2.77. The van der Waals surface area contributed by atoms with Gasteiger partial charge in [0.05, 0.1) is 5.88 Å². The zero-order chi connectivity index (χ0) is 11.4. The van der Waals surface area contributed by atoms with Crippen molar-refractivity contribution in [1.82, 2.24) is 14.8 Å². The second kappa shape index (κ2) is 5.67. The van der Waals surface area contributed by atoms with Crippen LogP contribution in [0, 0.1) is 11.8 Å². The van der Waals surface area contributed by atoms with E-state index in [4.69, 9.17) is 11.6 Å². The van der Waals surface area contributed by atoms with E-state index < -0.39 is 0 Å². The molecule has 0 unspecified atom stereocenters. The lowest BCUT2D eigenvalue weighted by molar-refractivity contribution is 0.246. The second-order valence-electron chi connectivity index (χ2n) is 4.83. The summed E-state index contributed by atoms with van der Waals surface area (Å²) in [7, 11) is 0. The Morgan fingerprint density at radius 1 is 1.31 bits per heavy atom. The molecule has 1 aliphatic carbocycles. The Hall–Kier alpha value is -0.570. The van der Waals surface area contributed by atoms with E-state index in [1.54, 1.807) is 0 Å². The first-order valence-corrected chi connectivity index (χ1v) is 6.79. The first-order chi connectivity index (χ1) is 7.83. The Kier molecular flexibility index (Phi) is 4.22. The maximum absolute atomic E-state index is 5.81. The molecule has 0 amide bonds. The molecule has 90 valence electrons. The van der Waals surface area contributed by atoms with Crippen molar-refractivity contribution >= 4 is 11.6 Å². The molecular weight excluding hydrogens is 222 g/mol. The Bertz CT molecular complexity index is 316. The van der Waals surface area contributed by atoms with Gasteiger partial charge < -0.3 is 4.57 Å². The Balaban J connectivity index is 1.87. The number of nitrogens with zero attached hydrogens (tertiary/aromatic N) is 3. The molecule has 3 nitrogen and oxygen atoms in total. The minimum Gasteiger partial charge on any atom is -0.316 e. The topological polar surface area (TPSA) is 30.7 Å². The van der Waals surface area contributed by atoms with Gasteiger partial charge in [-0.05, 0) is 24.7 Å². The highest BCUT2D eigenvalue weighted by atomic mass is 35.5. The lowest BCUT2D eigenvalue weighted by atomic mass is 9.81. The van der Waals surface area contributed by atoms with Crippen LogP contribution in [0.4, 0.5) is 0 Å². The summed E-state index contributed by atoms with van der Waals surface area (Å²) < 4.78 is 2.12. The summed E-state index contributed by atoms with van der Waals surface area (Å²) in [4.78, 5) is 0. The molecule has 0 bridgehead atoms. The fourth-order valence-corrected chi connectivity index (χ4v) is 2.84. The standard InChI is InChI=1S/C12H20ClN3/c1-2-10-3-5-11(6-4-10)8-16-9-14-15-12(16)7-13/h9-11H,2-8H2,1H3. The molecule has 1 heterocycles. The molecule has 0 N–H and O–H groups in total. The van der Waals surface area contributed by atoms with E-state index >= 15 is 0 Å². The van der Waals surface area contributed by atoms with E-state index in [1.807, 2.05) is 6.33 Å². The molecule has 0 aliphatic heterocycles. The Morgan fingerprint density at radius 2 is 2.00 bits per heavy atom. The van der Waals surface area contributed by atoms with Gasteiger partial charge in [-0.2, -0.15) is 0 Å². The van der Waals surface area contributed by atoms with Gasteiger partial charge in [0.1, 0.15) is 12.2 Å². The third-order valence-corrected chi connectivity index (χ3v) is 4.05. The molecule has 0 radical (unpaired) electrons. The van der Waals surface area contributed by atoms with Crippen LogP contribution in [-0.4, -0.2) is 14.8 Å². The van der Waals surface area contributed by atoms with Gasteiger partial charge in [-0.1, -0.05) is 26.2 Å². The zero-order valence-corrected chi connectivity index (χ0v) is 10.7. The lowest BCUT2D eigenvalue weighted by Gasteiger charge is -2.28. The number of alkyl halides is 1. The molecule has 0 saturated heterocycles. The minimum absolute atomic E-state index is 0.463. The summed E-state index contributed by atoms with van der Waals surface area (Å²) in [6, 6.07) is 0. The van der Waals surface area contributed by atoms with E-state index in [-0.39, 0.29) is 0 Å². The van der Waals surface area contributed by atoms with Gasteiger partial charge in [0, 0.05) is 6.54 Å². The summed E-state index contributed by atoms with van der Waals surface area (Å²) in [6.45, 7) is 3.35. The van der Waals surface area contributed by atoms with Gasteiger partial charge in [-0.3, -0.25) is 0 Å². The molecular formula is C12H20ClN3. The second-order valence-corrected chi connectivity index (χ2v) is 5.10. The third-order valence-electron chi connectivity index (χ3n) is 3.81. The van der Waals surface area contributed by atoms with Crippen LogP contribution < -0.4 is 0 Å². The first-order valence-electron chi connectivity index (χ1n) is 6.26. The van der Waals surface area contributed by atoms with Crippen molar-refractivity contribution in [2.45, 2.75) is 51.5 Å². The summed E-state index contributed by atoms with van der Waals surface area (Å²) in [6.07, 6.45) is 8.62. The monoisotopic (exact) mass is 241 g/mol. The molecule has 2 rings (SSSR count). The molecule has 1 aromatic rings. The molecule has 16 heavy (non-hydrogen) atoms. The van der Waals surface area contributed by atoms with Crippen molar-refractivity contribution in [3.63, 3.8) is 0 Å². The maximum atomic E-state index is 5.81. The highest BCUT2D eigenvalue weighted by Gasteiger charge is 2.20. The molecule has 1 aliphatic rings. The van der Waals surface area contributed by atoms with Gasteiger partial charge in [-0.15, -0.1) is 21.8 Å². The normalized spacial score (nSPS) is 25.9. The van der Waals surface area contributed by atoms with Gasteiger partial charge in [0.2, 0.25) is 0 Å². The molecule has 1 saturated carbocycles. The predicted octanol–water partition coefficient (Wildman–Crippen LogP) is 3.23. The van der Waals surface area contributed by atoms with Crippen molar-refractivity contribution in [3.05, 3.63) is 12.2 Å². The zero-order valence-electron chi connectivity index (χ0n) is 9.90. The van der Waals surface area contributed by atoms with Crippen molar-refractivity contribution < 1.29 is 0 Å². The van der Waals surface area contributed by atoms with Gasteiger partial charge in [-0.25, -0.2) is 0 Å². The van der Waals surface area contributed by atoms with E-state index in [2.05, 4.69) is 21.7 Å². The fraction of sp³-hybridized carbons (Fsp3) is 0.833. The molecule has 0 spiro atoms. The number of hydrogen-bond acceptors (Lipinski definition) is 2. The van der Waals surface area contributed by atoms with Crippen LogP contribution in [0.1, 0.15) is 44.9 Å². The molecule has 0 aromatic carbocycles. The van der Waals surface area contributed by atoms with Crippen molar-refractivity contribution in [1.29, 1.82) is 0 Å². The van der Waals surface area contributed by atoms with Crippen LogP contribution >= 0.6 is 11.6 Å². The summed E-state index contributed by atoms with van der Waals surface area (Å²) in [5.74, 6) is 3.12. The summed E-state index contributed by atoms with van der Waals surface area (Å²) in [5.41, 5.74) is 0. The SMILES string of the molecule is CCC1CCC(Cn2cnnc2CCl)CC1. The van der Waals surface area contributed by atoms with Crippen molar-refractivity contribution in [2.24, 2.45) is 11.8 Å². The molecule has 0 atom stereocenters. The largest absolute Gasteiger partial charge is 0.316 e. The average molecular weight is 242 g/mol. The molecule has 1 aromatic heterocycles. The number of aromatic nitrogens is 3. The van der Waals surface area contributed by atoms with Gasteiger partial charge >= 0.3 is 0 Å². The van der Waals surface area contributed by atoms with Crippen molar-refractivity contribution in [3.8, 4) is 0 Å². The Morgan fingerprint density at radius 3 is 2.62 bits per heavy atom. The van der Waals surface area contributed by atoms with Gasteiger partial charge in [0.15, 0.2) is 0 Å². The fourth-order valence-electron chi connectivity index (χ4n) is 2.64. The molecule has 1 fully saturated rings. The van der Waals surface area contributed by atoms with Crippen LogP contribution in [0.3, 0.4) is 0 Å².